The van der Waals surface area contributed by atoms with Gasteiger partial charge in [-0.25, -0.2) is 4.98 Å². The average molecular weight is 258 g/mol. The molecule has 0 amide bonds. The molecule has 1 aromatic heterocycles. The normalized spacial score (nSPS) is 14.5. The molecule has 7 heteroatoms. The molecule has 1 fully saturated rings. The van der Waals surface area contributed by atoms with E-state index in [1.54, 1.807) is 4.90 Å². The molecule has 0 aromatic carbocycles. The Bertz CT molecular complexity index is 437. The molecule has 2 rings (SSSR count). The molecule has 0 bridgehead atoms. The molecule has 0 atom stereocenters. The first-order valence-corrected chi connectivity index (χ1v) is 5.54. The number of aromatic nitrogens is 2. The van der Waals surface area contributed by atoms with Crippen LogP contribution in [0.5, 0.6) is 6.01 Å². The van der Waals surface area contributed by atoms with Gasteiger partial charge in [-0.2, -0.15) is 4.98 Å². The van der Waals surface area contributed by atoms with Crippen molar-refractivity contribution < 1.29 is 14.6 Å². The fourth-order valence-electron chi connectivity index (χ4n) is 1.55. The van der Waals surface area contributed by atoms with Gasteiger partial charge in [-0.3, -0.25) is 4.79 Å². The van der Waals surface area contributed by atoms with E-state index in [1.807, 2.05) is 0 Å². The number of nitrogens with zero attached hydrogens (tertiary/aromatic N) is 3. The number of aliphatic carboxylic acids is 1. The second-order valence-corrected chi connectivity index (χ2v) is 4.19. The fourth-order valence-corrected chi connectivity index (χ4v) is 1.75. The van der Waals surface area contributed by atoms with Gasteiger partial charge < -0.3 is 14.7 Å². The van der Waals surface area contributed by atoms with Gasteiger partial charge in [-0.05, 0) is 12.8 Å². The van der Waals surface area contributed by atoms with Crippen molar-refractivity contribution in [3.63, 3.8) is 0 Å². The van der Waals surface area contributed by atoms with Crippen molar-refractivity contribution in [1.29, 1.82) is 0 Å². The van der Waals surface area contributed by atoms with Gasteiger partial charge in [0.25, 0.3) is 0 Å². The topological polar surface area (TPSA) is 75.5 Å². The van der Waals surface area contributed by atoms with Crippen LogP contribution in [0.2, 0.25) is 5.02 Å². The van der Waals surface area contributed by atoms with Crippen molar-refractivity contribution in [2.45, 2.75) is 18.9 Å². The summed E-state index contributed by atoms with van der Waals surface area (Å²) in [4.78, 5) is 20.5. The number of methoxy groups -OCH3 is 1. The summed E-state index contributed by atoms with van der Waals surface area (Å²) in [7, 11) is 1.45. The molecular formula is C10H12ClN3O3. The number of ether oxygens (including phenoxy) is 1. The highest BCUT2D eigenvalue weighted by molar-refractivity contribution is 6.32. The summed E-state index contributed by atoms with van der Waals surface area (Å²) in [6, 6.07) is 0.378. The van der Waals surface area contributed by atoms with Crippen molar-refractivity contribution in [1.82, 2.24) is 9.97 Å². The molecule has 0 spiro atoms. The van der Waals surface area contributed by atoms with Crippen LogP contribution in [0.1, 0.15) is 12.8 Å². The molecular weight excluding hydrogens is 246 g/mol. The summed E-state index contributed by atoms with van der Waals surface area (Å²) in [5.74, 6) is -0.492. The summed E-state index contributed by atoms with van der Waals surface area (Å²) in [6.07, 6.45) is 3.33. The summed E-state index contributed by atoms with van der Waals surface area (Å²) in [6.45, 7) is -0.120. The molecule has 1 aliphatic rings. The molecule has 17 heavy (non-hydrogen) atoms. The van der Waals surface area contributed by atoms with Crippen LogP contribution in [0.4, 0.5) is 5.82 Å². The first-order chi connectivity index (χ1) is 8.11. The van der Waals surface area contributed by atoms with Gasteiger partial charge in [0.15, 0.2) is 5.82 Å². The molecule has 1 aliphatic carbocycles. The Kier molecular flexibility index (Phi) is 3.33. The van der Waals surface area contributed by atoms with Crippen molar-refractivity contribution in [2.24, 2.45) is 0 Å². The van der Waals surface area contributed by atoms with E-state index in [2.05, 4.69) is 9.97 Å². The van der Waals surface area contributed by atoms with Crippen LogP contribution in [-0.4, -0.2) is 40.7 Å². The molecule has 6 nitrogen and oxygen atoms in total. The van der Waals surface area contributed by atoms with Crippen molar-refractivity contribution in [3.05, 3.63) is 11.2 Å². The van der Waals surface area contributed by atoms with E-state index < -0.39 is 5.97 Å². The first-order valence-electron chi connectivity index (χ1n) is 5.16. The zero-order chi connectivity index (χ0) is 12.4. The van der Waals surface area contributed by atoms with Crippen molar-refractivity contribution in [3.8, 4) is 6.01 Å². The van der Waals surface area contributed by atoms with Gasteiger partial charge in [0.1, 0.15) is 11.6 Å². The Labute approximate surface area is 103 Å². The van der Waals surface area contributed by atoms with Crippen LogP contribution < -0.4 is 9.64 Å². The number of hydrogen-bond acceptors (Lipinski definition) is 5. The van der Waals surface area contributed by atoms with Gasteiger partial charge in [-0.15, -0.1) is 0 Å². The second-order valence-electron chi connectivity index (χ2n) is 3.78. The van der Waals surface area contributed by atoms with Gasteiger partial charge in [0.2, 0.25) is 0 Å². The van der Waals surface area contributed by atoms with E-state index in [0.29, 0.717) is 10.8 Å². The number of halogens is 1. The lowest BCUT2D eigenvalue weighted by Gasteiger charge is -2.22. The van der Waals surface area contributed by atoms with E-state index in [4.69, 9.17) is 21.4 Å². The minimum absolute atomic E-state index is 0.120. The van der Waals surface area contributed by atoms with Gasteiger partial charge >= 0.3 is 12.0 Å². The maximum Gasteiger partial charge on any atom is 0.323 e. The van der Waals surface area contributed by atoms with Crippen molar-refractivity contribution >= 4 is 23.4 Å². The van der Waals surface area contributed by atoms with Gasteiger partial charge in [0, 0.05) is 6.04 Å². The lowest BCUT2D eigenvalue weighted by atomic mass is 10.4. The third-order valence-electron chi connectivity index (χ3n) is 2.45. The first kappa shape index (κ1) is 11.9. The quantitative estimate of drug-likeness (QED) is 0.854. The van der Waals surface area contributed by atoms with Gasteiger partial charge in [0.05, 0.1) is 13.3 Å². The average Bonchev–Trinajstić information content (AvgIpc) is 3.10. The number of rotatable bonds is 5. The van der Waals surface area contributed by atoms with E-state index in [0.717, 1.165) is 12.8 Å². The van der Waals surface area contributed by atoms with Crippen LogP contribution >= 0.6 is 11.6 Å². The highest BCUT2D eigenvalue weighted by Gasteiger charge is 2.33. The molecule has 92 valence electrons. The van der Waals surface area contributed by atoms with Crippen LogP contribution in [0.3, 0.4) is 0 Å². The van der Waals surface area contributed by atoms with E-state index in [-0.39, 0.29) is 18.6 Å². The van der Waals surface area contributed by atoms with E-state index in [9.17, 15) is 4.79 Å². The molecule has 1 N–H and O–H groups in total. The summed E-state index contributed by atoms with van der Waals surface area (Å²) in [5, 5.41) is 9.21. The molecule has 0 aliphatic heterocycles. The third-order valence-corrected chi connectivity index (χ3v) is 2.72. The SMILES string of the molecule is COc1ncc(Cl)c(N(CC(=O)O)C2CC2)n1. The monoisotopic (exact) mass is 257 g/mol. The van der Waals surface area contributed by atoms with Gasteiger partial charge in [-0.1, -0.05) is 11.6 Å². The predicted octanol–water partition coefficient (Wildman–Crippen LogP) is 1.19. The lowest BCUT2D eigenvalue weighted by molar-refractivity contribution is -0.135. The Morgan fingerprint density at radius 2 is 2.41 bits per heavy atom. The number of anilines is 1. The smallest absolute Gasteiger partial charge is 0.323 e. The molecule has 0 radical (unpaired) electrons. The Hall–Kier alpha value is -1.56. The Balaban J connectivity index is 2.30. The standard InChI is InChI=1S/C10H12ClN3O3/c1-17-10-12-4-7(11)9(13-10)14(5-8(15)16)6-2-3-6/h4,6H,2-3,5H2,1H3,(H,15,16). The lowest BCUT2D eigenvalue weighted by Crippen LogP contribution is -2.32. The highest BCUT2D eigenvalue weighted by atomic mass is 35.5. The zero-order valence-corrected chi connectivity index (χ0v) is 10.0. The van der Waals surface area contributed by atoms with E-state index in [1.165, 1.54) is 13.3 Å². The maximum absolute atomic E-state index is 10.8. The highest BCUT2D eigenvalue weighted by Crippen LogP contribution is 2.34. The van der Waals surface area contributed by atoms with Crippen LogP contribution in [0.15, 0.2) is 6.20 Å². The second kappa shape index (κ2) is 4.75. The fraction of sp³-hybridized carbons (Fsp3) is 0.500. The van der Waals surface area contributed by atoms with Crippen LogP contribution in [0, 0.1) is 0 Å². The number of hydrogen-bond donors (Lipinski definition) is 1. The predicted molar refractivity (Wildman–Crippen MR) is 61.6 cm³/mol. The van der Waals surface area contributed by atoms with Crippen LogP contribution in [0.25, 0.3) is 0 Å². The molecule has 0 unspecified atom stereocenters. The summed E-state index contributed by atoms with van der Waals surface area (Å²) < 4.78 is 4.91. The summed E-state index contributed by atoms with van der Waals surface area (Å²) in [5.41, 5.74) is 0. The Morgan fingerprint density at radius 3 is 2.94 bits per heavy atom. The van der Waals surface area contributed by atoms with Crippen LogP contribution in [-0.2, 0) is 4.79 Å². The van der Waals surface area contributed by atoms with E-state index >= 15 is 0 Å². The van der Waals surface area contributed by atoms with Crippen molar-refractivity contribution in [2.75, 3.05) is 18.6 Å². The molecule has 1 aromatic rings. The summed E-state index contributed by atoms with van der Waals surface area (Å²) >= 11 is 5.99. The molecule has 1 saturated carbocycles. The molecule has 0 saturated heterocycles. The number of carbonyl (C=O) groups is 1. The third kappa shape index (κ3) is 2.76. The molecule has 1 heterocycles. The zero-order valence-electron chi connectivity index (χ0n) is 9.26. The maximum atomic E-state index is 10.8. The largest absolute Gasteiger partial charge is 0.480 e. The number of carboxylic acid groups (broad SMARTS) is 1. The number of carboxylic acids is 1. The Morgan fingerprint density at radius 1 is 1.71 bits per heavy atom. The minimum Gasteiger partial charge on any atom is -0.480 e. The minimum atomic E-state index is -0.912.